The molecule has 1 aromatic heterocycles. The SMILES string of the molecule is COc1cccc(-n2[nH]c(C#N)cc2=O)c1. The molecule has 80 valence electrons. The molecule has 1 aromatic carbocycles. The number of hydrogen-bond donors (Lipinski definition) is 1. The molecule has 0 aliphatic carbocycles. The van der Waals surface area contributed by atoms with E-state index in [9.17, 15) is 4.79 Å². The molecule has 1 N–H and O–H groups in total. The van der Waals surface area contributed by atoms with E-state index in [1.54, 1.807) is 31.4 Å². The van der Waals surface area contributed by atoms with Gasteiger partial charge < -0.3 is 4.74 Å². The maximum atomic E-state index is 11.5. The minimum atomic E-state index is -0.273. The van der Waals surface area contributed by atoms with Gasteiger partial charge in [-0.25, -0.2) is 4.68 Å². The normalized spacial score (nSPS) is 9.75. The number of methoxy groups -OCH3 is 1. The van der Waals surface area contributed by atoms with Crippen LogP contribution in [-0.2, 0) is 0 Å². The van der Waals surface area contributed by atoms with Crippen LogP contribution in [0.5, 0.6) is 5.75 Å². The summed E-state index contributed by atoms with van der Waals surface area (Å²) in [7, 11) is 1.55. The summed E-state index contributed by atoms with van der Waals surface area (Å²) < 4.78 is 6.35. The Morgan fingerprint density at radius 3 is 2.88 bits per heavy atom. The first-order valence-corrected chi connectivity index (χ1v) is 4.61. The van der Waals surface area contributed by atoms with Crippen LogP contribution in [0.4, 0.5) is 0 Å². The third kappa shape index (κ3) is 1.68. The number of aromatic nitrogens is 2. The van der Waals surface area contributed by atoms with Crippen LogP contribution in [0, 0.1) is 11.3 Å². The lowest BCUT2D eigenvalue weighted by Crippen LogP contribution is -2.13. The van der Waals surface area contributed by atoms with Crippen LogP contribution >= 0.6 is 0 Å². The molecular formula is C11H9N3O2. The molecule has 0 amide bonds. The van der Waals surface area contributed by atoms with Gasteiger partial charge in [0.1, 0.15) is 17.5 Å². The fourth-order valence-corrected chi connectivity index (χ4v) is 1.39. The molecule has 0 radical (unpaired) electrons. The van der Waals surface area contributed by atoms with Crippen molar-refractivity contribution in [3.8, 4) is 17.5 Å². The number of benzene rings is 1. The van der Waals surface area contributed by atoms with Gasteiger partial charge in [-0.1, -0.05) is 6.07 Å². The molecule has 2 rings (SSSR count). The van der Waals surface area contributed by atoms with Gasteiger partial charge in [-0.2, -0.15) is 5.26 Å². The maximum Gasteiger partial charge on any atom is 0.272 e. The number of rotatable bonds is 2. The Hall–Kier alpha value is -2.48. The molecule has 0 fully saturated rings. The molecule has 5 heteroatoms. The number of nitrogens with one attached hydrogen (secondary N) is 1. The van der Waals surface area contributed by atoms with Gasteiger partial charge in [-0.05, 0) is 12.1 Å². The minimum Gasteiger partial charge on any atom is -0.497 e. The number of H-pyrrole nitrogens is 1. The van der Waals surface area contributed by atoms with Crippen molar-refractivity contribution < 1.29 is 4.74 Å². The van der Waals surface area contributed by atoms with Gasteiger partial charge >= 0.3 is 0 Å². The minimum absolute atomic E-state index is 0.229. The van der Waals surface area contributed by atoms with Gasteiger partial charge in [0.05, 0.1) is 12.8 Å². The second-order valence-electron chi connectivity index (χ2n) is 3.16. The van der Waals surface area contributed by atoms with E-state index in [1.165, 1.54) is 10.7 Å². The first-order valence-electron chi connectivity index (χ1n) is 4.61. The van der Waals surface area contributed by atoms with E-state index in [-0.39, 0.29) is 11.3 Å². The highest BCUT2D eigenvalue weighted by Crippen LogP contribution is 2.14. The van der Waals surface area contributed by atoms with E-state index in [1.807, 2.05) is 6.07 Å². The number of aromatic amines is 1. The summed E-state index contributed by atoms with van der Waals surface area (Å²) in [5.41, 5.74) is 0.587. The quantitative estimate of drug-likeness (QED) is 0.813. The molecule has 0 aliphatic heterocycles. The summed E-state index contributed by atoms with van der Waals surface area (Å²) >= 11 is 0. The number of nitriles is 1. The molecule has 5 nitrogen and oxygen atoms in total. The molecule has 0 bridgehead atoms. The van der Waals surface area contributed by atoms with Crippen molar-refractivity contribution in [3.05, 3.63) is 46.4 Å². The smallest absolute Gasteiger partial charge is 0.272 e. The van der Waals surface area contributed by atoms with Crippen LogP contribution in [-0.4, -0.2) is 16.9 Å². The van der Waals surface area contributed by atoms with E-state index >= 15 is 0 Å². The van der Waals surface area contributed by atoms with Gasteiger partial charge in [0, 0.05) is 12.1 Å². The van der Waals surface area contributed by atoms with Crippen molar-refractivity contribution in [2.24, 2.45) is 0 Å². The van der Waals surface area contributed by atoms with Gasteiger partial charge in [0.15, 0.2) is 0 Å². The third-order valence-corrected chi connectivity index (χ3v) is 2.15. The van der Waals surface area contributed by atoms with Gasteiger partial charge in [0.25, 0.3) is 5.56 Å². The average Bonchev–Trinajstić information content (AvgIpc) is 2.71. The van der Waals surface area contributed by atoms with E-state index in [4.69, 9.17) is 10.00 Å². The van der Waals surface area contributed by atoms with E-state index in [0.717, 1.165) is 0 Å². The second kappa shape index (κ2) is 3.95. The highest BCUT2D eigenvalue weighted by Gasteiger charge is 2.04. The molecule has 0 saturated heterocycles. The Bertz CT molecular complexity index is 604. The lowest BCUT2D eigenvalue weighted by Gasteiger charge is -2.03. The molecule has 2 aromatic rings. The summed E-state index contributed by atoms with van der Waals surface area (Å²) in [6.07, 6.45) is 0. The molecule has 1 heterocycles. The predicted octanol–water partition coefficient (Wildman–Crippen LogP) is 1.05. The van der Waals surface area contributed by atoms with Crippen LogP contribution in [0.15, 0.2) is 35.1 Å². The summed E-state index contributed by atoms with van der Waals surface area (Å²) in [5.74, 6) is 0.650. The zero-order valence-electron chi connectivity index (χ0n) is 8.60. The van der Waals surface area contributed by atoms with Crippen LogP contribution in [0.3, 0.4) is 0 Å². The number of ether oxygens (including phenoxy) is 1. The average molecular weight is 215 g/mol. The maximum absolute atomic E-state index is 11.5. The summed E-state index contributed by atoms with van der Waals surface area (Å²) in [6, 6.07) is 10.1. The largest absolute Gasteiger partial charge is 0.497 e. The highest BCUT2D eigenvalue weighted by molar-refractivity contribution is 5.39. The lowest BCUT2D eigenvalue weighted by molar-refractivity contribution is 0.414. The van der Waals surface area contributed by atoms with Crippen molar-refractivity contribution >= 4 is 0 Å². The Labute approximate surface area is 91.5 Å². The van der Waals surface area contributed by atoms with Gasteiger partial charge in [-0.3, -0.25) is 9.89 Å². The predicted molar refractivity (Wildman–Crippen MR) is 57.7 cm³/mol. The van der Waals surface area contributed by atoms with E-state index < -0.39 is 0 Å². The van der Waals surface area contributed by atoms with Gasteiger partial charge in [0.2, 0.25) is 0 Å². The fraction of sp³-hybridized carbons (Fsp3) is 0.0909. The second-order valence-corrected chi connectivity index (χ2v) is 3.16. The van der Waals surface area contributed by atoms with Crippen LogP contribution < -0.4 is 10.3 Å². The van der Waals surface area contributed by atoms with Crippen LogP contribution in [0.1, 0.15) is 5.69 Å². The zero-order valence-corrected chi connectivity index (χ0v) is 8.60. The summed E-state index contributed by atoms with van der Waals surface area (Å²) in [5, 5.41) is 11.4. The Balaban J connectivity index is 2.54. The lowest BCUT2D eigenvalue weighted by atomic mass is 10.3. The Morgan fingerprint density at radius 2 is 2.25 bits per heavy atom. The molecule has 0 saturated carbocycles. The van der Waals surface area contributed by atoms with Gasteiger partial charge in [-0.15, -0.1) is 0 Å². The van der Waals surface area contributed by atoms with Crippen molar-refractivity contribution in [1.82, 2.24) is 9.78 Å². The monoisotopic (exact) mass is 215 g/mol. The van der Waals surface area contributed by atoms with Crippen molar-refractivity contribution in [2.75, 3.05) is 7.11 Å². The summed E-state index contributed by atoms with van der Waals surface area (Å²) in [6.45, 7) is 0. The third-order valence-electron chi connectivity index (χ3n) is 2.15. The summed E-state index contributed by atoms with van der Waals surface area (Å²) in [4.78, 5) is 11.5. The first-order chi connectivity index (χ1) is 7.74. The van der Waals surface area contributed by atoms with E-state index in [0.29, 0.717) is 11.4 Å². The standard InChI is InChI=1S/C11H9N3O2/c1-16-10-4-2-3-9(6-10)14-11(15)5-8(7-12)13-14/h2-6,13H,1H3. The number of hydrogen-bond acceptors (Lipinski definition) is 3. The molecular weight excluding hydrogens is 206 g/mol. The Kier molecular flexibility index (Phi) is 2.48. The van der Waals surface area contributed by atoms with Crippen LogP contribution in [0.2, 0.25) is 0 Å². The molecule has 0 atom stereocenters. The molecule has 0 aliphatic rings. The molecule has 0 spiro atoms. The van der Waals surface area contributed by atoms with Crippen LogP contribution in [0.25, 0.3) is 5.69 Å². The van der Waals surface area contributed by atoms with Crippen molar-refractivity contribution in [1.29, 1.82) is 5.26 Å². The molecule has 0 unspecified atom stereocenters. The molecule has 16 heavy (non-hydrogen) atoms. The van der Waals surface area contributed by atoms with Crippen molar-refractivity contribution in [3.63, 3.8) is 0 Å². The highest BCUT2D eigenvalue weighted by atomic mass is 16.5. The van der Waals surface area contributed by atoms with E-state index in [2.05, 4.69) is 5.10 Å². The zero-order chi connectivity index (χ0) is 11.5. The topological polar surface area (TPSA) is 70.8 Å². The number of nitrogens with zero attached hydrogens (tertiary/aromatic N) is 2. The first kappa shape index (κ1) is 10.1. The Morgan fingerprint density at radius 1 is 1.44 bits per heavy atom. The fourth-order valence-electron chi connectivity index (χ4n) is 1.39. The van der Waals surface area contributed by atoms with Crippen molar-refractivity contribution in [2.45, 2.75) is 0 Å².